The van der Waals surface area contributed by atoms with Gasteiger partial charge in [0, 0.05) is 29.1 Å². The van der Waals surface area contributed by atoms with Crippen LogP contribution in [0.5, 0.6) is 5.75 Å². The van der Waals surface area contributed by atoms with Gasteiger partial charge in [-0.25, -0.2) is 4.98 Å². The summed E-state index contributed by atoms with van der Waals surface area (Å²) in [5, 5.41) is 22.4. The lowest BCUT2D eigenvalue weighted by Gasteiger charge is -2.13. The van der Waals surface area contributed by atoms with E-state index in [2.05, 4.69) is 10.3 Å². The van der Waals surface area contributed by atoms with Crippen LogP contribution in [0.3, 0.4) is 0 Å². The van der Waals surface area contributed by atoms with Gasteiger partial charge in [-0.15, -0.1) is 0 Å². The number of anilines is 1. The summed E-state index contributed by atoms with van der Waals surface area (Å²) in [6, 6.07) is 15.5. The Labute approximate surface area is 178 Å². The summed E-state index contributed by atoms with van der Waals surface area (Å²) in [6.07, 6.45) is 0.484. The lowest BCUT2D eigenvalue weighted by molar-refractivity contribution is -0.137. The zero-order valence-corrected chi connectivity index (χ0v) is 16.7. The smallest absolute Gasteiger partial charge is 0.303 e. The summed E-state index contributed by atoms with van der Waals surface area (Å²) >= 11 is 6.36. The van der Waals surface area contributed by atoms with Gasteiger partial charge in [-0.2, -0.15) is 0 Å². The van der Waals surface area contributed by atoms with Crippen LogP contribution in [0.1, 0.15) is 23.2 Å². The average molecular weight is 426 g/mol. The minimum absolute atomic E-state index is 0.00610. The lowest BCUT2D eigenvalue weighted by atomic mass is 10.0. The number of nitrogens with two attached hydrogens (primary N) is 1. The fourth-order valence-electron chi connectivity index (χ4n) is 2.97. The Balaban J connectivity index is 2.03. The average Bonchev–Trinajstić information content (AvgIpc) is 2.71. The quantitative estimate of drug-likeness (QED) is 0.402. The zero-order valence-electron chi connectivity index (χ0n) is 15.9. The van der Waals surface area contributed by atoms with Crippen LogP contribution in [-0.4, -0.2) is 33.6 Å². The minimum Gasteiger partial charge on any atom is -0.507 e. The number of nitrogens with zero attached hydrogens (tertiary/aromatic N) is 1. The van der Waals surface area contributed by atoms with Crippen molar-refractivity contribution in [3.05, 3.63) is 65.2 Å². The first-order valence-corrected chi connectivity index (χ1v) is 9.59. The third-order valence-electron chi connectivity index (χ3n) is 4.44. The molecule has 3 rings (SSSR count). The molecule has 1 aromatic heterocycles. The van der Waals surface area contributed by atoms with E-state index in [9.17, 15) is 14.7 Å². The number of carbonyl (C=O) groups excluding carboxylic acids is 1. The predicted octanol–water partition coefficient (Wildman–Crippen LogP) is 4.15. The Morgan fingerprint density at radius 3 is 2.53 bits per heavy atom. The Morgan fingerprint density at radius 2 is 1.83 bits per heavy atom. The molecule has 154 valence electrons. The second kappa shape index (κ2) is 9.28. The number of rotatable bonds is 8. The highest BCUT2D eigenvalue weighted by Gasteiger charge is 2.13. The molecular weight excluding hydrogens is 406 g/mol. The molecule has 0 atom stereocenters. The maximum absolute atomic E-state index is 11.6. The van der Waals surface area contributed by atoms with Crippen molar-refractivity contribution in [3.8, 4) is 28.1 Å². The van der Waals surface area contributed by atoms with Crippen LogP contribution in [0.2, 0.25) is 5.02 Å². The maximum Gasteiger partial charge on any atom is 0.303 e. The van der Waals surface area contributed by atoms with Crippen molar-refractivity contribution in [3.63, 3.8) is 0 Å². The molecule has 0 fully saturated rings. The normalized spacial score (nSPS) is 10.6. The van der Waals surface area contributed by atoms with Crippen LogP contribution < -0.4 is 11.1 Å². The number of hydrogen-bond acceptors (Lipinski definition) is 5. The summed E-state index contributed by atoms with van der Waals surface area (Å²) in [5.74, 6) is -1.29. The van der Waals surface area contributed by atoms with Gasteiger partial charge in [0.25, 0.3) is 5.91 Å². The maximum atomic E-state index is 11.6. The van der Waals surface area contributed by atoms with E-state index in [0.29, 0.717) is 35.1 Å². The molecule has 5 N–H and O–H groups in total. The van der Waals surface area contributed by atoms with E-state index in [0.717, 1.165) is 11.1 Å². The molecule has 1 amide bonds. The molecule has 8 heteroatoms. The van der Waals surface area contributed by atoms with Crippen LogP contribution >= 0.6 is 11.6 Å². The van der Waals surface area contributed by atoms with Crippen molar-refractivity contribution in [2.75, 3.05) is 11.9 Å². The van der Waals surface area contributed by atoms with Crippen LogP contribution in [0, 0.1) is 0 Å². The van der Waals surface area contributed by atoms with Gasteiger partial charge in [-0.1, -0.05) is 29.8 Å². The Morgan fingerprint density at radius 1 is 1.07 bits per heavy atom. The number of pyridine rings is 1. The standard InChI is InChI=1S/C22H20ClN3O4/c23-17-5-2-1-4-15(17)14-11-18(13-7-8-19(27)16(10-13)22(24)30)26-20(12-14)25-9-3-6-21(28)29/h1-2,4-5,7-8,10-12,27H,3,6,9H2,(H2,24,30)(H,25,26)(H,28,29). The van der Waals surface area contributed by atoms with Gasteiger partial charge in [0.2, 0.25) is 0 Å². The summed E-state index contributed by atoms with van der Waals surface area (Å²) in [5.41, 5.74) is 8.05. The molecule has 0 radical (unpaired) electrons. The molecule has 1 heterocycles. The molecule has 0 spiro atoms. The number of phenols is 1. The van der Waals surface area contributed by atoms with Crippen molar-refractivity contribution in [2.45, 2.75) is 12.8 Å². The SMILES string of the molecule is NC(=O)c1cc(-c2cc(-c3ccccc3Cl)cc(NCCCC(=O)O)n2)ccc1O. The van der Waals surface area contributed by atoms with E-state index in [1.54, 1.807) is 12.1 Å². The van der Waals surface area contributed by atoms with Gasteiger partial charge in [-0.05, 0) is 48.4 Å². The first-order chi connectivity index (χ1) is 14.3. The summed E-state index contributed by atoms with van der Waals surface area (Å²) < 4.78 is 0. The highest BCUT2D eigenvalue weighted by Crippen LogP contribution is 2.33. The van der Waals surface area contributed by atoms with Crippen LogP contribution in [0.15, 0.2) is 54.6 Å². The summed E-state index contributed by atoms with van der Waals surface area (Å²) in [7, 11) is 0. The largest absolute Gasteiger partial charge is 0.507 e. The first-order valence-electron chi connectivity index (χ1n) is 9.21. The van der Waals surface area contributed by atoms with Gasteiger partial charge in [0.05, 0.1) is 11.3 Å². The molecule has 30 heavy (non-hydrogen) atoms. The molecule has 0 bridgehead atoms. The molecular formula is C22H20ClN3O4. The van der Waals surface area contributed by atoms with Gasteiger partial charge in [0.1, 0.15) is 11.6 Å². The highest BCUT2D eigenvalue weighted by molar-refractivity contribution is 6.33. The van der Waals surface area contributed by atoms with Crippen LogP contribution in [0.25, 0.3) is 22.4 Å². The number of halogens is 1. The van der Waals surface area contributed by atoms with E-state index in [1.807, 2.05) is 30.3 Å². The second-order valence-corrected chi connectivity index (χ2v) is 7.03. The zero-order chi connectivity index (χ0) is 21.7. The molecule has 0 aliphatic carbocycles. The number of aromatic hydroxyl groups is 1. The second-order valence-electron chi connectivity index (χ2n) is 6.63. The molecule has 0 saturated carbocycles. The Bertz CT molecular complexity index is 1100. The Hall–Kier alpha value is -3.58. The van der Waals surface area contributed by atoms with Crippen molar-refractivity contribution in [1.29, 1.82) is 0 Å². The number of benzene rings is 2. The van der Waals surface area contributed by atoms with Crippen molar-refractivity contribution in [1.82, 2.24) is 4.98 Å². The van der Waals surface area contributed by atoms with Crippen molar-refractivity contribution < 1.29 is 19.8 Å². The summed E-state index contributed by atoms with van der Waals surface area (Å²) in [4.78, 5) is 26.9. The topological polar surface area (TPSA) is 126 Å². The van der Waals surface area contributed by atoms with Crippen molar-refractivity contribution >= 4 is 29.3 Å². The number of hydrogen-bond donors (Lipinski definition) is 4. The third kappa shape index (κ3) is 5.07. The number of carbonyl (C=O) groups is 2. The first kappa shape index (κ1) is 21.1. The van der Waals surface area contributed by atoms with Crippen molar-refractivity contribution in [2.24, 2.45) is 5.73 Å². The van der Waals surface area contributed by atoms with E-state index >= 15 is 0 Å². The monoisotopic (exact) mass is 425 g/mol. The number of aromatic nitrogens is 1. The Kier molecular flexibility index (Phi) is 6.54. The third-order valence-corrected chi connectivity index (χ3v) is 4.77. The molecule has 2 aromatic carbocycles. The van der Waals surface area contributed by atoms with E-state index in [4.69, 9.17) is 22.4 Å². The highest BCUT2D eigenvalue weighted by atomic mass is 35.5. The molecule has 7 nitrogen and oxygen atoms in total. The number of amides is 1. The fourth-order valence-corrected chi connectivity index (χ4v) is 3.21. The van der Waals surface area contributed by atoms with Crippen LogP contribution in [-0.2, 0) is 4.79 Å². The molecule has 0 saturated heterocycles. The number of nitrogens with one attached hydrogen (secondary N) is 1. The van der Waals surface area contributed by atoms with Gasteiger partial charge < -0.3 is 21.3 Å². The number of primary amides is 1. The molecule has 0 aliphatic rings. The fraction of sp³-hybridized carbons (Fsp3) is 0.136. The lowest BCUT2D eigenvalue weighted by Crippen LogP contribution is -2.11. The molecule has 0 aliphatic heterocycles. The molecule has 3 aromatic rings. The van der Waals surface area contributed by atoms with Crippen LogP contribution in [0.4, 0.5) is 5.82 Å². The molecule has 0 unspecified atom stereocenters. The van der Waals surface area contributed by atoms with Gasteiger partial charge >= 0.3 is 5.97 Å². The summed E-state index contributed by atoms with van der Waals surface area (Å²) in [6.45, 7) is 0.423. The number of carboxylic acids is 1. The van der Waals surface area contributed by atoms with E-state index in [1.165, 1.54) is 12.1 Å². The minimum atomic E-state index is -0.863. The van der Waals surface area contributed by atoms with E-state index in [-0.39, 0.29) is 17.7 Å². The predicted molar refractivity (Wildman–Crippen MR) is 116 cm³/mol. The number of aliphatic carboxylic acids is 1. The van der Waals surface area contributed by atoms with E-state index < -0.39 is 11.9 Å². The number of carboxylic acid groups (broad SMARTS) is 1. The van der Waals surface area contributed by atoms with Gasteiger partial charge in [0.15, 0.2) is 0 Å². The van der Waals surface area contributed by atoms with Gasteiger partial charge in [-0.3, -0.25) is 9.59 Å².